The zero-order chi connectivity index (χ0) is 14.2. The molecular weight excluding hydrogens is 245 g/mol. The fourth-order valence-electron chi connectivity index (χ4n) is 2.53. The highest BCUT2D eigenvalue weighted by Gasteiger charge is 2.39. The lowest BCUT2D eigenvalue weighted by molar-refractivity contribution is -0.126. The molecule has 0 unspecified atom stereocenters. The molecule has 0 spiro atoms. The van der Waals surface area contributed by atoms with E-state index in [9.17, 15) is 9.18 Å². The minimum atomic E-state index is -0.713. The van der Waals surface area contributed by atoms with Crippen molar-refractivity contribution in [3.63, 3.8) is 0 Å². The Hall–Kier alpha value is -1.62. The zero-order valence-electron chi connectivity index (χ0n) is 11.5. The molecule has 3 N–H and O–H groups in total. The summed E-state index contributed by atoms with van der Waals surface area (Å²) in [5, 5.41) is 2.83. The van der Waals surface area contributed by atoms with Crippen molar-refractivity contribution in [1.29, 1.82) is 0 Å². The van der Waals surface area contributed by atoms with E-state index in [2.05, 4.69) is 5.32 Å². The Kier molecular flexibility index (Phi) is 3.49. The lowest BCUT2D eigenvalue weighted by Crippen LogP contribution is -2.62. The Labute approximate surface area is 112 Å². The second kappa shape index (κ2) is 4.81. The molecule has 0 aliphatic carbocycles. The first-order valence-electron chi connectivity index (χ1n) is 6.45. The van der Waals surface area contributed by atoms with Crippen LogP contribution in [-0.2, 0) is 4.79 Å². The standard InChI is InChI=1S/C14H20FN3O/c1-9(16)12-10(15)5-4-6-11(12)18-8-7-17-13(19)14(18,2)3/h4-6,9H,7-8,16H2,1-3H3,(H,17,19)/t9-/m0/s1. The van der Waals surface area contributed by atoms with Gasteiger partial charge in [-0.25, -0.2) is 4.39 Å². The van der Waals surface area contributed by atoms with E-state index in [0.717, 1.165) is 0 Å². The first-order chi connectivity index (χ1) is 8.85. The summed E-state index contributed by atoms with van der Waals surface area (Å²) in [5.41, 5.74) is 6.33. The smallest absolute Gasteiger partial charge is 0.245 e. The number of rotatable bonds is 2. The Balaban J connectivity index is 2.52. The van der Waals surface area contributed by atoms with Crippen molar-refractivity contribution < 1.29 is 9.18 Å². The van der Waals surface area contributed by atoms with E-state index < -0.39 is 11.6 Å². The highest BCUT2D eigenvalue weighted by Crippen LogP contribution is 2.33. The maximum Gasteiger partial charge on any atom is 0.245 e. The van der Waals surface area contributed by atoms with Crippen molar-refractivity contribution in [1.82, 2.24) is 5.32 Å². The number of nitrogens with zero attached hydrogens (tertiary/aromatic N) is 1. The lowest BCUT2D eigenvalue weighted by Gasteiger charge is -2.44. The predicted octanol–water partition coefficient (Wildman–Crippen LogP) is 1.56. The molecule has 0 saturated carbocycles. The van der Waals surface area contributed by atoms with Crippen LogP contribution in [0.25, 0.3) is 0 Å². The molecule has 0 radical (unpaired) electrons. The molecule has 1 fully saturated rings. The Bertz CT molecular complexity index is 499. The molecular formula is C14H20FN3O. The second-order valence-electron chi connectivity index (χ2n) is 5.43. The molecule has 1 amide bonds. The number of nitrogens with two attached hydrogens (primary N) is 1. The number of carbonyl (C=O) groups is 1. The molecule has 1 saturated heterocycles. The van der Waals surface area contributed by atoms with Gasteiger partial charge in [0, 0.05) is 30.4 Å². The molecule has 2 rings (SSSR count). The number of amides is 1. The van der Waals surface area contributed by atoms with Crippen LogP contribution in [0.4, 0.5) is 10.1 Å². The SMILES string of the molecule is C[C@H](N)c1c(F)cccc1N1CCNC(=O)C1(C)C. The summed E-state index contributed by atoms with van der Waals surface area (Å²) in [6.45, 7) is 6.60. The summed E-state index contributed by atoms with van der Waals surface area (Å²) in [6.07, 6.45) is 0. The molecule has 0 aromatic heterocycles. The van der Waals surface area contributed by atoms with Crippen LogP contribution in [0.5, 0.6) is 0 Å². The van der Waals surface area contributed by atoms with Crippen molar-refractivity contribution in [2.45, 2.75) is 32.4 Å². The van der Waals surface area contributed by atoms with Gasteiger partial charge in [-0.3, -0.25) is 4.79 Å². The number of carbonyl (C=O) groups excluding carboxylic acids is 1. The van der Waals surface area contributed by atoms with Crippen molar-refractivity contribution in [3.8, 4) is 0 Å². The Morgan fingerprint density at radius 3 is 2.79 bits per heavy atom. The number of nitrogens with one attached hydrogen (secondary N) is 1. The van der Waals surface area contributed by atoms with Gasteiger partial charge in [0.15, 0.2) is 0 Å². The molecule has 1 atom stereocenters. The summed E-state index contributed by atoms with van der Waals surface area (Å²) in [4.78, 5) is 13.9. The molecule has 4 nitrogen and oxygen atoms in total. The van der Waals surface area contributed by atoms with Crippen LogP contribution in [0.1, 0.15) is 32.4 Å². The lowest BCUT2D eigenvalue weighted by atomic mass is 9.95. The van der Waals surface area contributed by atoms with Crippen LogP contribution in [0.15, 0.2) is 18.2 Å². The summed E-state index contributed by atoms with van der Waals surface area (Å²) >= 11 is 0. The number of benzene rings is 1. The predicted molar refractivity (Wildman–Crippen MR) is 73.4 cm³/mol. The van der Waals surface area contributed by atoms with Gasteiger partial charge in [-0.1, -0.05) is 6.07 Å². The molecule has 1 aromatic carbocycles. The molecule has 19 heavy (non-hydrogen) atoms. The molecule has 1 heterocycles. The summed E-state index contributed by atoms with van der Waals surface area (Å²) in [7, 11) is 0. The monoisotopic (exact) mass is 265 g/mol. The maximum atomic E-state index is 14.0. The van der Waals surface area contributed by atoms with E-state index >= 15 is 0 Å². The van der Waals surface area contributed by atoms with Crippen LogP contribution in [0.3, 0.4) is 0 Å². The van der Waals surface area contributed by atoms with Gasteiger partial charge in [-0.15, -0.1) is 0 Å². The Morgan fingerprint density at radius 2 is 2.16 bits per heavy atom. The largest absolute Gasteiger partial charge is 0.355 e. The van der Waals surface area contributed by atoms with Crippen molar-refractivity contribution in [2.24, 2.45) is 5.73 Å². The van der Waals surface area contributed by atoms with Crippen LogP contribution >= 0.6 is 0 Å². The molecule has 0 bridgehead atoms. The Morgan fingerprint density at radius 1 is 1.47 bits per heavy atom. The zero-order valence-corrected chi connectivity index (χ0v) is 11.5. The van der Waals surface area contributed by atoms with Gasteiger partial charge < -0.3 is 16.0 Å². The van der Waals surface area contributed by atoms with Crippen LogP contribution in [-0.4, -0.2) is 24.5 Å². The highest BCUT2D eigenvalue weighted by molar-refractivity contribution is 5.90. The van der Waals surface area contributed by atoms with Gasteiger partial charge in [-0.05, 0) is 32.9 Å². The number of hydrogen-bond acceptors (Lipinski definition) is 3. The molecule has 1 aromatic rings. The second-order valence-corrected chi connectivity index (χ2v) is 5.43. The first kappa shape index (κ1) is 13.8. The van der Waals surface area contributed by atoms with Gasteiger partial charge in [0.25, 0.3) is 0 Å². The summed E-state index contributed by atoms with van der Waals surface area (Å²) < 4.78 is 14.0. The molecule has 1 aliphatic rings. The van der Waals surface area contributed by atoms with Crippen molar-refractivity contribution >= 4 is 11.6 Å². The number of halogens is 1. The third kappa shape index (κ3) is 2.30. The highest BCUT2D eigenvalue weighted by atomic mass is 19.1. The van der Waals surface area contributed by atoms with Gasteiger partial charge in [0.1, 0.15) is 11.4 Å². The third-order valence-corrected chi connectivity index (χ3v) is 3.63. The summed E-state index contributed by atoms with van der Waals surface area (Å²) in [6, 6.07) is 4.46. The first-order valence-corrected chi connectivity index (χ1v) is 6.45. The molecule has 104 valence electrons. The minimum Gasteiger partial charge on any atom is -0.355 e. The number of piperazine rings is 1. The van der Waals surface area contributed by atoms with E-state index in [-0.39, 0.29) is 11.7 Å². The van der Waals surface area contributed by atoms with Gasteiger partial charge in [0.2, 0.25) is 5.91 Å². The van der Waals surface area contributed by atoms with E-state index in [1.807, 2.05) is 24.8 Å². The van der Waals surface area contributed by atoms with Crippen molar-refractivity contribution in [3.05, 3.63) is 29.6 Å². The quantitative estimate of drug-likeness (QED) is 0.853. The third-order valence-electron chi connectivity index (χ3n) is 3.63. The molecule has 1 aliphatic heterocycles. The maximum absolute atomic E-state index is 14.0. The van der Waals surface area contributed by atoms with Crippen LogP contribution in [0, 0.1) is 5.82 Å². The topological polar surface area (TPSA) is 58.4 Å². The fourth-order valence-corrected chi connectivity index (χ4v) is 2.53. The van der Waals surface area contributed by atoms with Gasteiger partial charge >= 0.3 is 0 Å². The average molecular weight is 265 g/mol. The average Bonchev–Trinajstić information content (AvgIpc) is 2.31. The van der Waals surface area contributed by atoms with E-state index in [1.165, 1.54) is 6.07 Å². The van der Waals surface area contributed by atoms with Crippen LogP contribution in [0.2, 0.25) is 0 Å². The fraction of sp³-hybridized carbons (Fsp3) is 0.500. The van der Waals surface area contributed by atoms with E-state index in [4.69, 9.17) is 5.73 Å². The number of hydrogen-bond donors (Lipinski definition) is 2. The minimum absolute atomic E-state index is 0.0568. The van der Waals surface area contributed by atoms with E-state index in [1.54, 1.807) is 13.0 Å². The van der Waals surface area contributed by atoms with E-state index in [0.29, 0.717) is 24.3 Å². The van der Waals surface area contributed by atoms with Gasteiger partial charge in [-0.2, -0.15) is 0 Å². The normalized spacial score (nSPS) is 20.1. The summed E-state index contributed by atoms with van der Waals surface area (Å²) in [5.74, 6) is -0.382. The van der Waals surface area contributed by atoms with Gasteiger partial charge in [0.05, 0.1) is 0 Å². The number of anilines is 1. The molecule has 5 heteroatoms. The van der Waals surface area contributed by atoms with Crippen LogP contribution < -0.4 is 16.0 Å². The van der Waals surface area contributed by atoms with Crippen molar-refractivity contribution in [2.75, 3.05) is 18.0 Å².